The Hall–Kier alpha value is -0.380. The fourth-order valence-corrected chi connectivity index (χ4v) is 0.632. The van der Waals surface area contributed by atoms with E-state index in [1.54, 1.807) is 0 Å². The van der Waals surface area contributed by atoms with Crippen LogP contribution >= 0.6 is 0 Å². The van der Waals surface area contributed by atoms with E-state index < -0.39 is 20.8 Å². The van der Waals surface area contributed by atoms with E-state index in [2.05, 4.69) is 8.67 Å². The molecule has 0 aliphatic carbocycles. The summed E-state index contributed by atoms with van der Waals surface area (Å²) in [5.74, 6) is 0. The second-order valence-corrected chi connectivity index (χ2v) is 2.97. The van der Waals surface area contributed by atoms with Gasteiger partial charge in [-0.1, -0.05) is 8.67 Å². The van der Waals surface area contributed by atoms with E-state index in [0.29, 0.717) is 0 Å². The lowest BCUT2D eigenvalue weighted by Gasteiger charge is -1.92. The molecule has 86 valence electrons. The minimum Gasteiger partial charge on any atom is -0.412 e. The lowest BCUT2D eigenvalue weighted by Crippen LogP contribution is -2.10. The maximum absolute atomic E-state index is 9.51. The minimum atomic E-state index is -5.02. The Morgan fingerprint density at radius 3 is 1.00 bits per heavy atom. The van der Waals surface area contributed by atoms with Crippen molar-refractivity contribution < 1.29 is 40.1 Å². The van der Waals surface area contributed by atoms with Crippen LogP contribution in [0.1, 0.15) is 0 Å². The lowest BCUT2D eigenvalue weighted by molar-refractivity contribution is -0.105. The minimum absolute atomic E-state index is 0. The summed E-state index contributed by atoms with van der Waals surface area (Å²) in [4.78, 5) is 0. The summed E-state index contributed by atoms with van der Waals surface area (Å²) < 4.78 is 58.9. The highest BCUT2D eigenvalue weighted by molar-refractivity contribution is 7.83. The van der Waals surface area contributed by atoms with Crippen molar-refractivity contribution in [2.24, 2.45) is 0 Å². The van der Waals surface area contributed by atoms with Gasteiger partial charge in [0.15, 0.2) is 0 Å². The van der Waals surface area contributed by atoms with Gasteiger partial charge in [0.2, 0.25) is 0 Å². The van der Waals surface area contributed by atoms with Crippen molar-refractivity contribution in [1.29, 1.82) is 0 Å². The van der Waals surface area contributed by atoms with E-state index in [4.69, 9.17) is 9.11 Å². The summed E-state index contributed by atoms with van der Waals surface area (Å²) >= 11 is 0. The van der Waals surface area contributed by atoms with E-state index in [1.807, 2.05) is 0 Å². The zero-order valence-electron chi connectivity index (χ0n) is 6.07. The maximum Gasteiger partial charge on any atom is 0.425 e. The highest BCUT2D eigenvalue weighted by atomic mass is 32.3. The molecule has 0 radical (unpaired) electrons. The van der Waals surface area contributed by atoms with Gasteiger partial charge in [-0.05, 0) is 0 Å². The molecule has 0 aromatic rings. The molecule has 0 saturated heterocycles. The summed E-state index contributed by atoms with van der Waals surface area (Å²) in [6, 6.07) is 0. The zero-order valence-corrected chi connectivity index (χ0v) is 7.71. The molecule has 13 heavy (non-hydrogen) atoms. The fourth-order valence-electron chi connectivity index (χ4n) is 0.0702. The number of hydrogen-bond acceptors (Lipinski definition) is 8. The Morgan fingerprint density at radius 1 is 0.769 bits per heavy atom. The van der Waals surface area contributed by atoms with Crippen molar-refractivity contribution in [1.82, 2.24) is 12.3 Å². The van der Waals surface area contributed by atoms with Crippen LogP contribution < -0.4 is 12.3 Å². The second-order valence-electron chi connectivity index (χ2n) is 0.992. The molecule has 0 unspecified atom stereocenters. The molecule has 0 aromatic heterocycles. The smallest absolute Gasteiger partial charge is 0.412 e. The van der Waals surface area contributed by atoms with Crippen molar-refractivity contribution in [2.45, 2.75) is 0 Å². The van der Waals surface area contributed by atoms with Crippen LogP contribution in [-0.4, -0.2) is 31.4 Å². The Bertz CT molecular complexity index is 252. The Kier molecular flexibility index (Phi) is 12.5. The first-order valence-corrected chi connectivity index (χ1v) is 4.26. The first-order chi connectivity index (χ1) is 4.21. The third-order valence-corrected chi connectivity index (χ3v) is 0.766. The third kappa shape index (κ3) is 24.5. The summed E-state index contributed by atoms with van der Waals surface area (Å²) in [5.41, 5.74) is 0. The predicted molar refractivity (Wildman–Crippen MR) is 38.9 cm³/mol. The molecule has 0 spiro atoms. The average molecular weight is 246 g/mol. The normalized spacial score (nSPS) is 10.3. The molecular weight excluding hydrogens is 236 g/mol. The molecule has 0 aliphatic rings. The largest absolute Gasteiger partial charge is 0.425 e. The third-order valence-electron chi connectivity index (χ3n) is 0.200. The molecule has 13 heteroatoms. The number of hydrogen-bond donors (Lipinski definition) is 4. The standard InChI is InChI=1S/2H3N.H2O8S2.H2O/c;;1-9(2,3)7-8-10(4,5)6;/h2*1H3;(H,1,2,3)(H,4,5,6);1H2. The van der Waals surface area contributed by atoms with Gasteiger partial charge in [-0.3, -0.25) is 9.11 Å². The van der Waals surface area contributed by atoms with Crippen LogP contribution in [0.15, 0.2) is 0 Å². The van der Waals surface area contributed by atoms with Crippen molar-refractivity contribution >= 4 is 20.8 Å². The van der Waals surface area contributed by atoms with Crippen LogP contribution in [0.25, 0.3) is 0 Å². The van der Waals surface area contributed by atoms with Gasteiger partial charge in [-0.15, -0.1) is 0 Å². The van der Waals surface area contributed by atoms with E-state index in [-0.39, 0.29) is 17.8 Å². The van der Waals surface area contributed by atoms with Gasteiger partial charge in [0.1, 0.15) is 0 Å². The van der Waals surface area contributed by atoms with Crippen molar-refractivity contribution in [3.63, 3.8) is 0 Å². The van der Waals surface area contributed by atoms with E-state index in [9.17, 15) is 16.8 Å². The quantitative estimate of drug-likeness (QED) is 0.244. The SMILES string of the molecule is N.N.O.O=S(=O)(O)OOS(=O)(=O)O. The zero-order chi connectivity index (χ0) is 8.41. The number of rotatable bonds is 3. The predicted octanol–water partition coefficient (Wildman–Crippen LogP) is -1.96. The highest BCUT2D eigenvalue weighted by Crippen LogP contribution is 1.92. The van der Waals surface area contributed by atoms with Crippen LogP contribution in [-0.2, 0) is 29.5 Å². The summed E-state index contributed by atoms with van der Waals surface area (Å²) in [5, 5.41) is 0. The van der Waals surface area contributed by atoms with Crippen LogP contribution in [0.2, 0.25) is 0 Å². The van der Waals surface area contributed by atoms with E-state index >= 15 is 0 Å². The summed E-state index contributed by atoms with van der Waals surface area (Å²) in [7, 11) is -10.0. The maximum atomic E-state index is 9.51. The Balaban J connectivity index is -0.000000135. The lowest BCUT2D eigenvalue weighted by atomic mass is 14.0. The molecule has 0 heterocycles. The van der Waals surface area contributed by atoms with Crippen molar-refractivity contribution in [3.05, 3.63) is 0 Å². The van der Waals surface area contributed by atoms with Crippen LogP contribution in [0, 0.1) is 0 Å². The first-order valence-electron chi connectivity index (χ1n) is 1.53. The van der Waals surface area contributed by atoms with E-state index in [0.717, 1.165) is 0 Å². The molecule has 0 rings (SSSR count). The topological polar surface area (TPSA) is 229 Å². The monoisotopic (exact) mass is 246 g/mol. The summed E-state index contributed by atoms with van der Waals surface area (Å²) in [6.07, 6.45) is 0. The molecule has 0 saturated carbocycles. The molecule has 0 fully saturated rings. The van der Waals surface area contributed by atoms with Gasteiger partial charge >= 0.3 is 20.8 Å². The highest BCUT2D eigenvalue weighted by Gasteiger charge is 2.13. The second kappa shape index (κ2) is 7.06. The molecule has 0 aliphatic heterocycles. The molecule has 0 amide bonds. The molecule has 11 nitrogen and oxygen atoms in total. The molecular formula is H10N2O9S2. The van der Waals surface area contributed by atoms with Gasteiger partial charge in [0.25, 0.3) is 0 Å². The molecule has 0 aromatic carbocycles. The van der Waals surface area contributed by atoms with Gasteiger partial charge < -0.3 is 17.8 Å². The van der Waals surface area contributed by atoms with Crippen LogP contribution in [0.3, 0.4) is 0 Å². The summed E-state index contributed by atoms with van der Waals surface area (Å²) in [6.45, 7) is 0. The van der Waals surface area contributed by atoms with Crippen molar-refractivity contribution in [3.8, 4) is 0 Å². The van der Waals surface area contributed by atoms with Gasteiger partial charge in [0.05, 0.1) is 0 Å². The molecule has 10 N–H and O–H groups in total. The Labute approximate surface area is 74.0 Å². The van der Waals surface area contributed by atoms with Gasteiger partial charge in [-0.2, -0.15) is 16.8 Å². The fraction of sp³-hybridized carbons (Fsp3) is 0. The van der Waals surface area contributed by atoms with Crippen LogP contribution in [0.4, 0.5) is 0 Å². The average Bonchev–Trinajstić information content (AvgIpc) is 1.57. The van der Waals surface area contributed by atoms with Gasteiger partial charge in [0, 0.05) is 0 Å². The molecule has 0 atom stereocenters. The molecule has 0 bridgehead atoms. The Morgan fingerprint density at radius 2 is 0.923 bits per heavy atom. The first kappa shape index (κ1) is 22.9. The van der Waals surface area contributed by atoms with Gasteiger partial charge in [-0.25, -0.2) is 0 Å². The van der Waals surface area contributed by atoms with Crippen LogP contribution in [0.5, 0.6) is 0 Å². The van der Waals surface area contributed by atoms with Crippen molar-refractivity contribution in [2.75, 3.05) is 0 Å². The van der Waals surface area contributed by atoms with E-state index in [1.165, 1.54) is 0 Å².